The molecule has 0 spiro atoms. The van der Waals surface area contributed by atoms with E-state index in [9.17, 15) is 0 Å². The molecular weight excluding hydrogens is 168 g/mol. The molecule has 1 radical (unpaired) electrons. The van der Waals surface area contributed by atoms with Crippen LogP contribution in [0.2, 0.25) is 0 Å². The Bertz CT molecular complexity index is 107. The van der Waals surface area contributed by atoms with Crippen molar-refractivity contribution in [1.29, 1.82) is 0 Å². The topological polar surface area (TPSA) is 0 Å². The van der Waals surface area contributed by atoms with Crippen LogP contribution in [0.1, 0.15) is 72.1 Å². The van der Waals surface area contributed by atoms with Crippen LogP contribution in [-0.4, -0.2) is 0 Å². The third-order valence-electron chi connectivity index (χ3n) is 3.39. The van der Waals surface area contributed by atoms with Crippen molar-refractivity contribution in [3.05, 3.63) is 6.92 Å². The first-order valence-electron chi connectivity index (χ1n) is 6.51. The second-order valence-corrected chi connectivity index (χ2v) is 4.80. The smallest absolute Gasteiger partial charge is 0.0417 e. The van der Waals surface area contributed by atoms with Gasteiger partial charge in [0.2, 0.25) is 0 Å². The Morgan fingerprint density at radius 3 is 2.00 bits per heavy atom. The van der Waals surface area contributed by atoms with Crippen LogP contribution in [-0.2, 0) is 0 Å². The summed E-state index contributed by atoms with van der Waals surface area (Å²) in [5, 5.41) is 0. The minimum absolute atomic E-state index is 0.874. The third kappa shape index (κ3) is 7.41. The van der Waals surface area contributed by atoms with E-state index in [1.807, 2.05) is 0 Å². The van der Waals surface area contributed by atoms with Gasteiger partial charge >= 0.3 is 0 Å². The average molecular weight is 197 g/mol. The number of rotatable bonds is 9. The fraction of sp³-hybridized carbons (Fsp3) is 0.929. The first kappa shape index (κ1) is 14.0. The summed E-state index contributed by atoms with van der Waals surface area (Å²) in [6.07, 6.45) is 10.9. The fourth-order valence-electron chi connectivity index (χ4n) is 1.96. The zero-order chi connectivity index (χ0) is 10.8. The first-order valence-corrected chi connectivity index (χ1v) is 6.51. The van der Waals surface area contributed by atoms with Crippen molar-refractivity contribution in [2.75, 3.05) is 0 Å². The minimum atomic E-state index is 0.874. The Morgan fingerprint density at radius 2 is 1.43 bits per heavy atom. The van der Waals surface area contributed by atoms with Crippen LogP contribution < -0.4 is 0 Å². The summed E-state index contributed by atoms with van der Waals surface area (Å²) in [5.41, 5.74) is 0. The van der Waals surface area contributed by atoms with Crippen LogP contribution in [0.5, 0.6) is 0 Å². The molecule has 0 aromatic carbocycles. The Hall–Kier alpha value is 0. The van der Waals surface area contributed by atoms with E-state index < -0.39 is 0 Å². The lowest BCUT2D eigenvalue weighted by molar-refractivity contribution is 0.334. The molecule has 0 fully saturated rings. The van der Waals surface area contributed by atoms with E-state index in [0.717, 1.165) is 18.3 Å². The van der Waals surface area contributed by atoms with Crippen molar-refractivity contribution in [2.24, 2.45) is 11.8 Å². The molecule has 0 aliphatic carbocycles. The summed E-state index contributed by atoms with van der Waals surface area (Å²) in [4.78, 5) is 0. The molecule has 0 bridgehead atoms. The van der Waals surface area contributed by atoms with E-state index in [1.165, 1.54) is 44.9 Å². The van der Waals surface area contributed by atoms with Crippen molar-refractivity contribution in [1.82, 2.24) is 0 Å². The van der Waals surface area contributed by atoms with Crippen LogP contribution in [0.25, 0.3) is 0 Å². The van der Waals surface area contributed by atoms with Gasteiger partial charge in [-0.15, -0.1) is 0 Å². The van der Waals surface area contributed by atoms with E-state index >= 15 is 0 Å². The highest BCUT2D eigenvalue weighted by Gasteiger charge is 2.10. The van der Waals surface area contributed by atoms with Gasteiger partial charge in [-0.2, -0.15) is 0 Å². The average Bonchev–Trinajstić information content (AvgIpc) is 2.17. The predicted octanol–water partition coefficient (Wildman–Crippen LogP) is 5.23. The zero-order valence-corrected chi connectivity index (χ0v) is 10.5. The highest BCUT2D eigenvalue weighted by Crippen LogP contribution is 2.22. The summed E-state index contributed by atoms with van der Waals surface area (Å²) >= 11 is 0. The molecule has 2 atom stereocenters. The minimum Gasteiger partial charge on any atom is -0.0654 e. The van der Waals surface area contributed by atoms with Gasteiger partial charge in [-0.05, 0) is 11.8 Å². The lowest BCUT2D eigenvalue weighted by atomic mass is 9.87. The highest BCUT2D eigenvalue weighted by molar-refractivity contribution is 4.63. The first-order chi connectivity index (χ1) is 6.72. The lowest BCUT2D eigenvalue weighted by Gasteiger charge is -2.18. The maximum Gasteiger partial charge on any atom is -0.0417 e. The zero-order valence-electron chi connectivity index (χ0n) is 10.5. The van der Waals surface area contributed by atoms with Crippen LogP contribution in [0.15, 0.2) is 0 Å². The predicted molar refractivity (Wildman–Crippen MR) is 66.3 cm³/mol. The van der Waals surface area contributed by atoms with Crippen LogP contribution in [0, 0.1) is 18.8 Å². The maximum absolute atomic E-state index is 3.93. The van der Waals surface area contributed by atoms with Crippen molar-refractivity contribution in [3.63, 3.8) is 0 Å². The molecule has 0 saturated carbocycles. The van der Waals surface area contributed by atoms with Gasteiger partial charge in [0.05, 0.1) is 0 Å². The molecule has 0 N–H and O–H groups in total. The van der Waals surface area contributed by atoms with Gasteiger partial charge in [0.15, 0.2) is 0 Å². The molecule has 14 heavy (non-hydrogen) atoms. The monoisotopic (exact) mass is 197 g/mol. The lowest BCUT2D eigenvalue weighted by Crippen LogP contribution is -2.07. The molecule has 0 aromatic rings. The van der Waals surface area contributed by atoms with Gasteiger partial charge in [0.1, 0.15) is 0 Å². The SMILES string of the molecule is [CH2]CCC(C)C(C)CCCCCCC. The molecule has 0 aliphatic heterocycles. The quantitative estimate of drug-likeness (QED) is 0.444. The molecule has 0 aromatic heterocycles. The second kappa shape index (κ2) is 9.55. The van der Waals surface area contributed by atoms with E-state index in [0.29, 0.717) is 0 Å². The molecule has 0 heteroatoms. The van der Waals surface area contributed by atoms with Crippen LogP contribution in [0.4, 0.5) is 0 Å². The molecular formula is C14H29. The summed E-state index contributed by atoms with van der Waals surface area (Å²) in [5.74, 6) is 1.78. The molecule has 85 valence electrons. The van der Waals surface area contributed by atoms with Crippen molar-refractivity contribution < 1.29 is 0 Å². The largest absolute Gasteiger partial charge is 0.0654 e. The summed E-state index contributed by atoms with van der Waals surface area (Å²) in [6.45, 7) is 11.0. The van der Waals surface area contributed by atoms with Gasteiger partial charge < -0.3 is 0 Å². The van der Waals surface area contributed by atoms with Crippen molar-refractivity contribution in [3.8, 4) is 0 Å². The summed E-state index contributed by atoms with van der Waals surface area (Å²) in [6, 6.07) is 0. The van der Waals surface area contributed by atoms with E-state index in [2.05, 4.69) is 27.7 Å². The normalized spacial score (nSPS) is 15.4. The molecule has 0 aliphatic rings. The Labute approximate surface area is 91.5 Å². The Kier molecular flexibility index (Phi) is 9.55. The number of hydrogen-bond acceptors (Lipinski definition) is 0. The van der Waals surface area contributed by atoms with Gasteiger partial charge in [0.25, 0.3) is 0 Å². The number of hydrogen-bond donors (Lipinski definition) is 0. The van der Waals surface area contributed by atoms with Crippen LogP contribution >= 0.6 is 0 Å². The van der Waals surface area contributed by atoms with E-state index in [1.54, 1.807) is 0 Å². The Balaban J connectivity index is 3.29. The third-order valence-corrected chi connectivity index (χ3v) is 3.39. The fourth-order valence-corrected chi connectivity index (χ4v) is 1.96. The van der Waals surface area contributed by atoms with Gasteiger partial charge in [-0.25, -0.2) is 0 Å². The standard InChI is InChI=1S/C14H29/c1-5-7-8-9-10-12-14(4)13(3)11-6-2/h13-14H,2,5-12H2,1,3-4H3. The molecule has 0 heterocycles. The highest BCUT2D eigenvalue weighted by atomic mass is 14.2. The van der Waals surface area contributed by atoms with Gasteiger partial charge in [0, 0.05) is 0 Å². The molecule has 0 rings (SSSR count). The summed E-state index contributed by atoms with van der Waals surface area (Å²) in [7, 11) is 0. The summed E-state index contributed by atoms with van der Waals surface area (Å²) < 4.78 is 0. The van der Waals surface area contributed by atoms with Crippen LogP contribution in [0.3, 0.4) is 0 Å². The van der Waals surface area contributed by atoms with Gasteiger partial charge in [-0.3, -0.25) is 0 Å². The maximum atomic E-state index is 3.93. The van der Waals surface area contributed by atoms with Crippen molar-refractivity contribution in [2.45, 2.75) is 72.1 Å². The van der Waals surface area contributed by atoms with Gasteiger partial charge in [-0.1, -0.05) is 79.1 Å². The van der Waals surface area contributed by atoms with Crippen molar-refractivity contribution >= 4 is 0 Å². The molecule has 0 amide bonds. The molecule has 0 nitrogen and oxygen atoms in total. The molecule has 2 unspecified atom stereocenters. The van der Waals surface area contributed by atoms with E-state index in [-0.39, 0.29) is 0 Å². The molecule has 0 saturated heterocycles. The van der Waals surface area contributed by atoms with E-state index in [4.69, 9.17) is 0 Å². The number of unbranched alkanes of at least 4 members (excludes halogenated alkanes) is 4. The second-order valence-electron chi connectivity index (χ2n) is 4.80. The Morgan fingerprint density at radius 1 is 0.857 bits per heavy atom.